The molecule has 1 N–H and O–H groups in total. The van der Waals surface area contributed by atoms with Crippen LogP contribution in [0.3, 0.4) is 0 Å². The fraction of sp³-hybridized carbons (Fsp3) is 0.444. The lowest BCUT2D eigenvalue weighted by Crippen LogP contribution is -2.38. The van der Waals surface area contributed by atoms with Crippen molar-refractivity contribution in [3.05, 3.63) is 66.0 Å². The van der Waals surface area contributed by atoms with E-state index in [1.165, 1.54) is 31.2 Å². The first kappa shape index (κ1) is 21.8. The normalized spacial score (nSPS) is 19.1. The first-order valence-electron chi connectivity index (χ1n) is 12.3. The molecule has 2 aliphatic heterocycles. The molecular weight excluding hydrogens is 410 g/mol. The van der Waals surface area contributed by atoms with Gasteiger partial charge in [0.05, 0.1) is 12.1 Å². The van der Waals surface area contributed by atoms with Gasteiger partial charge in [0.1, 0.15) is 11.6 Å². The molecule has 2 aliphatic rings. The third-order valence-corrected chi connectivity index (χ3v) is 6.71. The molecule has 2 fully saturated rings. The standard InChI is InChI=1S/C27H33N5O/c33-26-15-14-22(28-26)19-31(18-21-10-4-3-5-11-21)20-25-29-24-13-7-6-12-23(24)27(30-25)32-16-8-1-2-9-17-32/h3-7,10-13,22H,1-2,8-9,14-20H2,(H,28,33)/t22-/m0/s1. The highest BCUT2D eigenvalue weighted by atomic mass is 16.1. The third-order valence-electron chi connectivity index (χ3n) is 6.71. The molecule has 6 heteroatoms. The molecule has 3 heterocycles. The summed E-state index contributed by atoms with van der Waals surface area (Å²) in [7, 11) is 0. The van der Waals surface area contributed by atoms with E-state index in [-0.39, 0.29) is 11.9 Å². The lowest BCUT2D eigenvalue weighted by molar-refractivity contribution is -0.119. The van der Waals surface area contributed by atoms with Crippen molar-refractivity contribution in [2.45, 2.75) is 57.7 Å². The van der Waals surface area contributed by atoms with Gasteiger partial charge in [-0.1, -0.05) is 55.3 Å². The third kappa shape index (κ3) is 5.50. The van der Waals surface area contributed by atoms with Crippen molar-refractivity contribution in [3.8, 4) is 0 Å². The molecule has 1 atom stereocenters. The lowest BCUT2D eigenvalue weighted by atomic mass is 10.1. The number of benzene rings is 2. The van der Waals surface area contributed by atoms with Gasteiger partial charge in [-0.15, -0.1) is 0 Å². The summed E-state index contributed by atoms with van der Waals surface area (Å²) in [5, 5.41) is 4.27. The molecule has 6 nitrogen and oxygen atoms in total. The van der Waals surface area contributed by atoms with Crippen LogP contribution in [0, 0.1) is 0 Å². The highest BCUT2D eigenvalue weighted by molar-refractivity contribution is 5.89. The number of hydrogen-bond acceptors (Lipinski definition) is 5. The first-order valence-corrected chi connectivity index (χ1v) is 12.3. The number of nitrogens with one attached hydrogen (secondary N) is 1. The molecule has 172 valence electrons. The number of para-hydroxylation sites is 1. The van der Waals surface area contributed by atoms with Gasteiger partial charge in [0, 0.05) is 44.0 Å². The molecule has 2 aromatic carbocycles. The minimum Gasteiger partial charge on any atom is -0.356 e. The van der Waals surface area contributed by atoms with Gasteiger partial charge in [-0.3, -0.25) is 9.69 Å². The molecule has 2 saturated heterocycles. The molecule has 0 aliphatic carbocycles. The predicted molar refractivity (Wildman–Crippen MR) is 132 cm³/mol. The topological polar surface area (TPSA) is 61.4 Å². The first-order chi connectivity index (χ1) is 16.2. The van der Waals surface area contributed by atoms with Crippen molar-refractivity contribution in [2.24, 2.45) is 0 Å². The Bertz CT molecular complexity index is 1080. The molecule has 1 aromatic heterocycles. The summed E-state index contributed by atoms with van der Waals surface area (Å²) < 4.78 is 0. The molecule has 0 saturated carbocycles. The Hall–Kier alpha value is -2.99. The minimum atomic E-state index is 0.157. The number of anilines is 1. The summed E-state index contributed by atoms with van der Waals surface area (Å²) in [6.07, 6.45) is 6.54. The van der Waals surface area contributed by atoms with E-state index in [4.69, 9.17) is 9.97 Å². The molecule has 1 amide bonds. The molecule has 5 rings (SSSR count). The second kappa shape index (κ2) is 10.3. The Kier molecular flexibility index (Phi) is 6.81. The Morgan fingerprint density at radius 2 is 1.67 bits per heavy atom. The van der Waals surface area contributed by atoms with Gasteiger partial charge < -0.3 is 10.2 Å². The maximum atomic E-state index is 11.8. The summed E-state index contributed by atoms with van der Waals surface area (Å²) in [4.78, 5) is 26.7. The van der Waals surface area contributed by atoms with E-state index >= 15 is 0 Å². The van der Waals surface area contributed by atoms with Crippen LogP contribution in [-0.4, -0.2) is 46.5 Å². The van der Waals surface area contributed by atoms with Gasteiger partial charge in [0.2, 0.25) is 5.91 Å². The predicted octanol–water partition coefficient (Wildman–Crippen LogP) is 4.29. The van der Waals surface area contributed by atoms with Crippen LogP contribution in [0.25, 0.3) is 10.9 Å². The van der Waals surface area contributed by atoms with Crippen molar-refractivity contribution in [1.29, 1.82) is 0 Å². The second-order valence-corrected chi connectivity index (χ2v) is 9.34. The number of hydrogen-bond donors (Lipinski definition) is 1. The highest BCUT2D eigenvalue weighted by Crippen LogP contribution is 2.27. The molecule has 0 spiro atoms. The molecular formula is C27H33N5O. The Balaban J connectivity index is 1.44. The van der Waals surface area contributed by atoms with E-state index in [1.807, 2.05) is 6.07 Å². The monoisotopic (exact) mass is 443 g/mol. The smallest absolute Gasteiger partial charge is 0.220 e. The Morgan fingerprint density at radius 1 is 0.909 bits per heavy atom. The quantitative estimate of drug-likeness (QED) is 0.590. The second-order valence-electron chi connectivity index (χ2n) is 9.34. The van der Waals surface area contributed by atoms with Crippen LogP contribution in [-0.2, 0) is 17.9 Å². The van der Waals surface area contributed by atoms with Gasteiger partial charge in [0.15, 0.2) is 0 Å². The van der Waals surface area contributed by atoms with Crippen LogP contribution in [0.5, 0.6) is 0 Å². The van der Waals surface area contributed by atoms with Crippen LogP contribution in [0.2, 0.25) is 0 Å². The summed E-state index contributed by atoms with van der Waals surface area (Å²) in [5.41, 5.74) is 2.27. The Morgan fingerprint density at radius 3 is 2.42 bits per heavy atom. The molecule has 0 bridgehead atoms. The zero-order valence-corrected chi connectivity index (χ0v) is 19.2. The van der Waals surface area contributed by atoms with E-state index in [0.717, 1.165) is 55.1 Å². The maximum absolute atomic E-state index is 11.8. The van der Waals surface area contributed by atoms with Crippen LogP contribution in [0.15, 0.2) is 54.6 Å². The highest BCUT2D eigenvalue weighted by Gasteiger charge is 2.24. The number of fused-ring (bicyclic) bond motifs is 1. The summed E-state index contributed by atoms with van der Waals surface area (Å²) in [6.45, 7) is 4.38. The number of amides is 1. The number of carbonyl (C=O) groups is 1. The van der Waals surface area contributed by atoms with Crippen LogP contribution < -0.4 is 10.2 Å². The number of nitrogens with zero attached hydrogens (tertiary/aromatic N) is 4. The van der Waals surface area contributed by atoms with Crippen molar-refractivity contribution in [3.63, 3.8) is 0 Å². The number of rotatable bonds is 7. The van der Waals surface area contributed by atoms with E-state index in [2.05, 4.69) is 63.6 Å². The minimum absolute atomic E-state index is 0.157. The number of carbonyl (C=O) groups excluding carboxylic acids is 1. The van der Waals surface area contributed by atoms with Gasteiger partial charge in [0.25, 0.3) is 0 Å². The molecule has 33 heavy (non-hydrogen) atoms. The average Bonchev–Trinajstić information content (AvgIpc) is 3.07. The fourth-order valence-corrected chi connectivity index (χ4v) is 5.05. The summed E-state index contributed by atoms with van der Waals surface area (Å²) in [5.74, 6) is 2.09. The largest absolute Gasteiger partial charge is 0.356 e. The number of aromatic nitrogens is 2. The SMILES string of the molecule is O=C1CC[C@@H](CN(Cc2ccccc2)Cc2nc(N3CCCCCC3)c3ccccc3n2)N1. The Labute approximate surface area is 196 Å². The fourth-order valence-electron chi connectivity index (χ4n) is 5.05. The van der Waals surface area contributed by atoms with Gasteiger partial charge in [-0.05, 0) is 37.0 Å². The maximum Gasteiger partial charge on any atom is 0.220 e. The van der Waals surface area contributed by atoms with Crippen LogP contribution in [0.4, 0.5) is 5.82 Å². The molecule has 3 aromatic rings. The van der Waals surface area contributed by atoms with Crippen molar-refractivity contribution >= 4 is 22.6 Å². The molecule has 0 radical (unpaired) electrons. The van der Waals surface area contributed by atoms with E-state index in [1.54, 1.807) is 0 Å². The lowest BCUT2D eigenvalue weighted by Gasteiger charge is -2.27. The van der Waals surface area contributed by atoms with Gasteiger partial charge in [-0.25, -0.2) is 9.97 Å². The van der Waals surface area contributed by atoms with Crippen molar-refractivity contribution < 1.29 is 4.79 Å². The van der Waals surface area contributed by atoms with Gasteiger partial charge >= 0.3 is 0 Å². The van der Waals surface area contributed by atoms with Crippen molar-refractivity contribution in [1.82, 2.24) is 20.2 Å². The average molecular weight is 444 g/mol. The van der Waals surface area contributed by atoms with E-state index in [9.17, 15) is 4.79 Å². The van der Waals surface area contributed by atoms with Crippen LogP contribution >= 0.6 is 0 Å². The zero-order valence-electron chi connectivity index (χ0n) is 19.2. The van der Waals surface area contributed by atoms with Crippen molar-refractivity contribution in [2.75, 3.05) is 24.5 Å². The molecule has 0 unspecified atom stereocenters. The van der Waals surface area contributed by atoms with Gasteiger partial charge in [-0.2, -0.15) is 0 Å². The summed E-state index contributed by atoms with van der Waals surface area (Å²) >= 11 is 0. The van der Waals surface area contributed by atoms with E-state index in [0.29, 0.717) is 13.0 Å². The van der Waals surface area contributed by atoms with Crippen LogP contribution in [0.1, 0.15) is 49.9 Å². The van der Waals surface area contributed by atoms with E-state index < -0.39 is 0 Å². The zero-order chi connectivity index (χ0) is 22.5. The summed E-state index contributed by atoms with van der Waals surface area (Å²) in [6, 6.07) is 19.1.